The van der Waals surface area contributed by atoms with Crippen molar-refractivity contribution in [2.75, 3.05) is 0 Å². The van der Waals surface area contributed by atoms with Crippen LogP contribution >= 0.6 is 0 Å². The van der Waals surface area contributed by atoms with Crippen LogP contribution in [0.15, 0.2) is 48.1 Å². The molecule has 1 heteroatoms. The van der Waals surface area contributed by atoms with E-state index in [9.17, 15) is 5.11 Å². The topological polar surface area (TPSA) is 20.2 Å². The van der Waals surface area contributed by atoms with Gasteiger partial charge in [0.1, 0.15) is 0 Å². The fourth-order valence-corrected chi connectivity index (χ4v) is 3.20. The van der Waals surface area contributed by atoms with Gasteiger partial charge in [-0.1, -0.05) is 120 Å². The number of rotatable bonds is 15. The molecule has 1 atom stereocenters. The van der Waals surface area contributed by atoms with Crippen molar-refractivity contribution in [1.29, 1.82) is 0 Å². The number of aliphatic hydroxyl groups excluding tert-OH is 1. The molecule has 0 spiro atoms. The van der Waals surface area contributed by atoms with Crippen LogP contribution in [0.4, 0.5) is 0 Å². The highest BCUT2D eigenvalue weighted by Gasteiger charge is 2.01. The van der Waals surface area contributed by atoms with Crippen molar-refractivity contribution >= 4 is 6.08 Å². The highest BCUT2D eigenvalue weighted by molar-refractivity contribution is 5.53. The van der Waals surface area contributed by atoms with Gasteiger partial charge in [-0.25, -0.2) is 0 Å². The zero-order valence-electron chi connectivity index (χ0n) is 17.1. The molecule has 1 aromatic rings. The van der Waals surface area contributed by atoms with Crippen molar-refractivity contribution in [3.05, 3.63) is 53.6 Å². The molecule has 146 valence electrons. The second kappa shape index (κ2) is 15.9. The molecule has 1 rings (SSSR count). The molecule has 0 aliphatic rings. The van der Waals surface area contributed by atoms with Gasteiger partial charge in [-0.3, -0.25) is 0 Å². The summed E-state index contributed by atoms with van der Waals surface area (Å²) in [6.07, 6.45) is 21.9. The number of benzene rings is 1. The van der Waals surface area contributed by atoms with Gasteiger partial charge >= 0.3 is 0 Å². The lowest BCUT2D eigenvalue weighted by Gasteiger charge is -2.06. The summed E-state index contributed by atoms with van der Waals surface area (Å²) in [6.45, 7) is 4.27. The van der Waals surface area contributed by atoms with E-state index in [1.165, 1.54) is 70.6 Å². The smallest absolute Gasteiger partial charge is 0.0932 e. The maximum absolute atomic E-state index is 10.2. The Kier molecular flexibility index (Phi) is 13.9. The predicted molar refractivity (Wildman–Crippen MR) is 116 cm³/mol. The van der Waals surface area contributed by atoms with Gasteiger partial charge < -0.3 is 5.11 Å². The lowest BCUT2D eigenvalue weighted by atomic mass is 10.0. The minimum atomic E-state index is -0.470. The van der Waals surface area contributed by atoms with Crippen molar-refractivity contribution in [3.8, 4) is 0 Å². The second-order valence-electron chi connectivity index (χ2n) is 7.50. The first kappa shape index (κ1) is 22.7. The van der Waals surface area contributed by atoms with E-state index in [1.807, 2.05) is 31.2 Å². The molecule has 0 bridgehead atoms. The van der Waals surface area contributed by atoms with Gasteiger partial charge in [0, 0.05) is 0 Å². The zero-order valence-corrected chi connectivity index (χ0v) is 17.1. The van der Waals surface area contributed by atoms with Crippen molar-refractivity contribution in [1.82, 2.24) is 0 Å². The molecular formula is C25H40O. The Labute approximate surface area is 162 Å². The van der Waals surface area contributed by atoms with Crippen molar-refractivity contribution in [2.45, 2.75) is 97.0 Å². The minimum absolute atomic E-state index is 0.470. The standard InChI is InChI=1S/C25H40O/c1-3-4-5-6-7-8-9-10-11-12-13-14-18-21-25(26)23(2)22-24-19-16-15-17-20-24/h15-22,25-26H,3-14H2,1-2H3/b21-18+,23-22+. The van der Waals surface area contributed by atoms with Gasteiger partial charge in [0.25, 0.3) is 0 Å². The summed E-state index contributed by atoms with van der Waals surface area (Å²) in [6, 6.07) is 10.2. The number of aliphatic hydroxyl groups is 1. The van der Waals surface area contributed by atoms with Gasteiger partial charge in [-0.05, 0) is 30.9 Å². The second-order valence-corrected chi connectivity index (χ2v) is 7.50. The van der Waals surface area contributed by atoms with Crippen LogP contribution in [-0.4, -0.2) is 11.2 Å². The maximum Gasteiger partial charge on any atom is 0.0932 e. The molecular weight excluding hydrogens is 316 g/mol. The number of allylic oxidation sites excluding steroid dienone is 1. The molecule has 1 N–H and O–H groups in total. The summed E-state index contributed by atoms with van der Waals surface area (Å²) in [5, 5.41) is 10.2. The largest absolute Gasteiger partial charge is 0.385 e. The molecule has 0 aliphatic carbocycles. The Bertz CT molecular complexity index is 486. The third-order valence-corrected chi connectivity index (χ3v) is 4.95. The summed E-state index contributed by atoms with van der Waals surface area (Å²) in [4.78, 5) is 0. The normalized spacial score (nSPS) is 13.4. The number of hydrogen-bond acceptors (Lipinski definition) is 1. The van der Waals surface area contributed by atoms with Crippen molar-refractivity contribution < 1.29 is 5.11 Å². The van der Waals surface area contributed by atoms with Gasteiger partial charge in [0.2, 0.25) is 0 Å². The monoisotopic (exact) mass is 356 g/mol. The molecule has 1 aromatic carbocycles. The van der Waals surface area contributed by atoms with Crippen LogP contribution in [0, 0.1) is 0 Å². The van der Waals surface area contributed by atoms with Crippen LogP contribution in [0.3, 0.4) is 0 Å². The SMILES string of the molecule is CCCCCCCCCCCCC/C=C/C(O)/C(C)=C/c1ccccc1. The van der Waals surface area contributed by atoms with Crippen LogP contribution in [0.25, 0.3) is 6.08 Å². The molecule has 0 fully saturated rings. The van der Waals surface area contributed by atoms with Gasteiger partial charge in [0.15, 0.2) is 0 Å². The maximum atomic E-state index is 10.2. The summed E-state index contributed by atoms with van der Waals surface area (Å²) in [5.74, 6) is 0. The number of hydrogen-bond donors (Lipinski definition) is 1. The molecule has 0 aromatic heterocycles. The Morgan fingerprint density at radius 2 is 1.38 bits per heavy atom. The fraction of sp³-hybridized carbons (Fsp3) is 0.600. The molecule has 1 nitrogen and oxygen atoms in total. The molecule has 26 heavy (non-hydrogen) atoms. The molecule has 0 saturated carbocycles. The average Bonchev–Trinajstić information content (AvgIpc) is 2.66. The van der Waals surface area contributed by atoms with Gasteiger partial charge in [-0.2, -0.15) is 0 Å². The summed E-state index contributed by atoms with van der Waals surface area (Å²) < 4.78 is 0. The third kappa shape index (κ3) is 12.1. The van der Waals surface area contributed by atoms with Crippen LogP contribution in [-0.2, 0) is 0 Å². The van der Waals surface area contributed by atoms with E-state index in [0.717, 1.165) is 17.6 Å². The van der Waals surface area contributed by atoms with Gasteiger partial charge in [-0.15, -0.1) is 0 Å². The lowest BCUT2D eigenvalue weighted by Crippen LogP contribution is -2.03. The highest BCUT2D eigenvalue weighted by atomic mass is 16.3. The summed E-state index contributed by atoms with van der Waals surface area (Å²) in [5.41, 5.74) is 2.13. The van der Waals surface area contributed by atoms with Crippen LogP contribution in [0.1, 0.15) is 96.5 Å². The summed E-state index contributed by atoms with van der Waals surface area (Å²) >= 11 is 0. The highest BCUT2D eigenvalue weighted by Crippen LogP contribution is 2.13. The molecule has 0 aliphatic heterocycles. The van der Waals surface area contributed by atoms with Crippen molar-refractivity contribution in [2.24, 2.45) is 0 Å². The van der Waals surface area contributed by atoms with Crippen LogP contribution in [0.2, 0.25) is 0 Å². The average molecular weight is 357 g/mol. The molecule has 0 heterocycles. The summed E-state index contributed by atoms with van der Waals surface area (Å²) in [7, 11) is 0. The van der Waals surface area contributed by atoms with Crippen LogP contribution in [0.5, 0.6) is 0 Å². The van der Waals surface area contributed by atoms with E-state index in [4.69, 9.17) is 0 Å². The van der Waals surface area contributed by atoms with Crippen LogP contribution < -0.4 is 0 Å². The molecule has 1 unspecified atom stereocenters. The first-order valence-corrected chi connectivity index (χ1v) is 10.8. The number of unbranched alkanes of at least 4 members (excludes halogenated alkanes) is 11. The van der Waals surface area contributed by atoms with E-state index >= 15 is 0 Å². The Morgan fingerprint density at radius 3 is 1.96 bits per heavy atom. The first-order valence-electron chi connectivity index (χ1n) is 10.8. The Morgan fingerprint density at radius 1 is 0.846 bits per heavy atom. The fourth-order valence-electron chi connectivity index (χ4n) is 3.20. The lowest BCUT2D eigenvalue weighted by molar-refractivity contribution is 0.260. The predicted octanol–water partition coefficient (Wildman–Crippen LogP) is 7.71. The van der Waals surface area contributed by atoms with Crippen molar-refractivity contribution in [3.63, 3.8) is 0 Å². The van der Waals surface area contributed by atoms with E-state index in [2.05, 4.69) is 31.2 Å². The van der Waals surface area contributed by atoms with Gasteiger partial charge in [0.05, 0.1) is 6.10 Å². The molecule has 0 amide bonds. The molecule has 0 radical (unpaired) electrons. The van der Waals surface area contributed by atoms with E-state index in [0.29, 0.717) is 0 Å². The third-order valence-electron chi connectivity index (χ3n) is 4.95. The Balaban J connectivity index is 2.01. The minimum Gasteiger partial charge on any atom is -0.385 e. The quantitative estimate of drug-likeness (QED) is 0.252. The Hall–Kier alpha value is -1.34. The van der Waals surface area contributed by atoms with E-state index < -0.39 is 6.10 Å². The molecule has 0 saturated heterocycles. The van der Waals surface area contributed by atoms with E-state index in [1.54, 1.807) is 0 Å². The van der Waals surface area contributed by atoms with E-state index in [-0.39, 0.29) is 0 Å². The zero-order chi connectivity index (χ0) is 18.9. The first-order chi connectivity index (χ1) is 12.7.